The lowest BCUT2D eigenvalue weighted by molar-refractivity contribution is -0.139. The maximum atomic E-state index is 11.0. The van der Waals surface area contributed by atoms with Crippen molar-refractivity contribution in [1.82, 2.24) is 0 Å². The molecule has 0 spiro atoms. The second kappa shape index (κ2) is 8.44. The maximum absolute atomic E-state index is 11.0. The van der Waals surface area contributed by atoms with Crippen LogP contribution in [0.2, 0.25) is 0 Å². The highest BCUT2D eigenvalue weighted by Crippen LogP contribution is 2.18. The Balaban J connectivity index is 1.86. The number of aliphatic carboxylic acids is 2. The summed E-state index contributed by atoms with van der Waals surface area (Å²) in [5.74, 6) is -2.74. The average molecular weight is 342 g/mol. The molecule has 0 saturated heterocycles. The van der Waals surface area contributed by atoms with Crippen LogP contribution in [-0.4, -0.2) is 22.2 Å². The van der Waals surface area contributed by atoms with E-state index < -0.39 is 23.8 Å². The Morgan fingerprint density at radius 1 is 0.760 bits per heavy atom. The SMILES string of the molecule is CC(C(=O)O)c1ccc(COCc2ccc(C(C)C(=O)O)cc2)cc1. The number of hydrogen-bond acceptors (Lipinski definition) is 3. The topological polar surface area (TPSA) is 83.8 Å². The molecule has 0 fully saturated rings. The Kier molecular flexibility index (Phi) is 6.31. The lowest BCUT2D eigenvalue weighted by Gasteiger charge is -2.10. The summed E-state index contributed by atoms with van der Waals surface area (Å²) in [7, 11) is 0. The highest BCUT2D eigenvalue weighted by molar-refractivity contribution is 5.75. The molecule has 0 heterocycles. The van der Waals surface area contributed by atoms with E-state index in [1.54, 1.807) is 38.1 Å². The third kappa shape index (κ3) is 5.16. The van der Waals surface area contributed by atoms with Crippen molar-refractivity contribution in [2.24, 2.45) is 0 Å². The molecule has 0 saturated carbocycles. The smallest absolute Gasteiger partial charge is 0.310 e. The molecule has 2 N–H and O–H groups in total. The summed E-state index contributed by atoms with van der Waals surface area (Å²) in [5, 5.41) is 18.0. The van der Waals surface area contributed by atoms with Gasteiger partial charge in [0.1, 0.15) is 0 Å². The fraction of sp³-hybridized carbons (Fsp3) is 0.300. The number of benzene rings is 2. The van der Waals surface area contributed by atoms with E-state index in [0.29, 0.717) is 13.2 Å². The molecule has 0 bridgehead atoms. The molecule has 5 heteroatoms. The van der Waals surface area contributed by atoms with Gasteiger partial charge in [-0.2, -0.15) is 0 Å². The number of hydrogen-bond donors (Lipinski definition) is 2. The fourth-order valence-corrected chi connectivity index (χ4v) is 2.38. The van der Waals surface area contributed by atoms with Gasteiger partial charge in [0.2, 0.25) is 0 Å². The summed E-state index contributed by atoms with van der Waals surface area (Å²) in [6.45, 7) is 4.16. The van der Waals surface area contributed by atoms with Crippen molar-refractivity contribution in [3.05, 3.63) is 70.8 Å². The van der Waals surface area contributed by atoms with Gasteiger partial charge in [0, 0.05) is 0 Å². The minimum absolute atomic E-state index is 0.426. The van der Waals surface area contributed by atoms with Crippen molar-refractivity contribution in [3.63, 3.8) is 0 Å². The molecule has 2 aromatic carbocycles. The minimum atomic E-state index is -0.843. The van der Waals surface area contributed by atoms with Crippen molar-refractivity contribution >= 4 is 11.9 Å². The standard InChI is InChI=1S/C20H22O5/c1-13(19(21)22)17-7-3-15(4-8-17)11-25-12-16-5-9-18(10-6-16)14(2)20(23)24/h3-10,13-14H,11-12H2,1-2H3,(H,21,22)(H,23,24). The second-order valence-electron chi connectivity index (χ2n) is 6.10. The molecule has 2 unspecified atom stereocenters. The normalized spacial score (nSPS) is 13.2. The van der Waals surface area contributed by atoms with Crippen LogP contribution in [0.1, 0.15) is 47.9 Å². The van der Waals surface area contributed by atoms with E-state index in [0.717, 1.165) is 22.3 Å². The summed E-state index contributed by atoms with van der Waals surface area (Å²) in [5.41, 5.74) is 3.47. The third-order valence-electron chi connectivity index (χ3n) is 4.24. The molecule has 2 atom stereocenters. The first-order valence-corrected chi connectivity index (χ1v) is 8.09. The van der Waals surface area contributed by atoms with Crippen molar-refractivity contribution in [1.29, 1.82) is 0 Å². The monoisotopic (exact) mass is 342 g/mol. The number of carbonyl (C=O) groups is 2. The molecule has 0 radical (unpaired) electrons. The van der Waals surface area contributed by atoms with E-state index >= 15 is 0 Å². The molecule has 0 aromatic heterocycles. The fourth-order valence-electron chi connectivity index (χ4n) is 2.38. The minimum Gasteiger partial charge on any atom is -0.481 e. The van der Waals surface area contributed by atoms with Crippen LogP contribution in [0, 0.1) is 0 Å². The van der Waals surface area contributed by atoms with Gasteiger partial charge in [0.15, 0.2) is 0 Å². The van der Waals surface area contributed by atoms with E-state index in [1.165, 1.54) is 0 Å². The summed E-state index contributed by atoms with van der Waals surface area (Å²) in [6, 6.07) is 14.7. The first-order chi connectivity index (χ1) is 11.9. The van der Waals surface area contributed by atoms with Gasteiger partial charge < -0.3 is 14.9 Å². The molecular weight excluding hydrogens is 320 g/mol. The summed E-state index contributed by atoms with van der Waals surface area (Å²) in [6.07, 6.45) is 0. The molecule has 0 aliphatic heterocycles. The van der Waals surface area contributed by atoms with Crippen LogP contribution in [0.3, 0.4) is 0 Å². The first kappa shape index (κ1) is 18.7. The Labute approximate surface area is 146 Å². The number of carboxylic acid groups (broad SMARTS) is 2. The van der Waals surface area contributed by atoms with Crippen LogP contribution in [0.5, 0.6) is 0 Å². The molecule has 2 aromatic rings. The molecule has 132 valence electrons. The highest BCUT2D eigenvalue weighted by atomic mass is 16.5. The van der Waals surface area contributed by atoms with Gasteiger partial charge in [-0.05, 0) is 36.1 Å². The van der Waals surface area contributed by atoms with Crippen LogP contribution in [0.25, 0.3) is 0 Å². The largest absolute Gasteiger partial charge is 0.481 e. The third-order valence-corrected chi connectivity index (χ3v) is 4.24. The highest BCUT2D eigenvalue weighted by Gasteiger charge is 2.14. The number of ether oxygens (including phenoxy) is 1. The van der Waals surface area contributed by atoms with Gasteiger partial charge in [0.05, 0.1) is 25.0 Å². The van der Waals surface area contributed by atoms with Crippen molar-refractivity contribution in [2.75, 3.05) is 0 Å². The molecular formula is C20H22O5. The summed E-state index contributed by atoms with van der Waals surface area (Å²) < 4.78 is 5.67. The first-order valence-electron chi connectivity index (χ1n) is 8.09. The van der Waals surface area contributed by atoms with E-state index in [-0.39, 0.29) is 0 Å². The zero-order valence-corrected chi connectivity index (χ0v) is 14.3. The molecule has 2 rings (SSSR count). The van der Waals surface area contributed by atoms with Gasteiger partial charge in [-0.25, -0.2) is 0 Å². The zero-order chi connectivity index (χ0) is 18.4. The van der Waals surface area contributed by atoms with Crippen LogP contribution < -0.4 is 0 Å². The van der Waals surface area contributed by atoms with Gasteiger partial charge in [-0.1, -0.05) is 48.5 Å². The Morgan fingerprint density at radius 2 is 1.08 bits per heavy atom. The molecule has 25 heavy (non-hydrogen) atoms. The predicted molar refractivity (Wildman–Crippen MR) is 93.5 cm³/mol. The van der Waals surface area contributed by atoms with Gasteiger partial charge >= 0.3 is 11.9 Å². The zero-order valence-electron chi connectivity index (χ0n) is 14.3. The maximum Gasteiger partial charge on any atom is 0.310 e. The van der Waals surface area contributed by atoms with E-state index in [2.05, 4.69) is 0 Å². The molecule has 5 nitrogen and oxygen atoms in total. The Morgan fingerprint density at radius 3 is 1.36 bits per heavy atom. The van der Waals surface area contributed by atoms with Crippen LogP contribution in [0.4, 0.5) is 0 Å². The van der Waals surface area contributed by atoms with E-state index in [9.17, 15) is 9.59 Å². The van der Waals surface area contributed by atoms with Crippen LogP contribution in [0.15, 0.2) is 48.5 Å². The van der Waals surface area contributed by atoms with Gasteiger partial charge in [-0.15, -0.1) is 0 Å². The summed E-state index contributed by atoms with van der Waals surface area (Å²) in [4.78, 5) is 21.9. The van der Waals surface area contributed by atoms with Crippen LogP contribution in [-0.2, 0) is 27.5 Å². The number of carboxylic acids is 2. The quantitative estimate of drug-likeness (QED) is 0.763. The number of rotatable bonds is 8. The van der Waals surface area contributed by atoms with Crippen LogP contribution >= 0.6 is 0 Å². The lowest BCUT2D eigenvalue weighted by Crippen LogP contribution is -2.07. The Bertz CT molecular complexity index is 655. The van der Waals surface area contributed by atoms with Gasteiger partial charge in [0.25, 0.3) is 0 Å². The van der Waals surface area contributed by atoms with E-state index in [4.69, 9.17) is 14.9 Å². The molecule has 0 aliphatic carbocycles. The van der Waals surface area contributed by atoms with E-state index in [1.807, 2.05) is 24.3 Å². The summed E-state index contributed by atoms with van der Waals surface area (Å²) >= 11 is 0. The van der Waals surface area contributed by atoms with Crippen molar-refractivity contribution in [3.8, 4) is 0 Å². The van der Waals surface area contributed by atoms with Gasteiger partial charge in [-0.3, -0.25) is 9.59 Å². The van der Waals surface area contributed by atoms with Crippen molar-refractivity contribution < 1.29 is 24.5 Å². The van der Waals surface area contributed by atoms with Crippen molar-refractivity contribution in [2.45, 2.75) is 38.9 Å². The molecule has 0 amide bonds. The second-order valence-corrected chi connectivity index (χ2v) is 6.10. The average Bonchev–Trinajstić information content (AvgIpc) is 2.61. The Hall–Kier alpha value is -2.66. The lowest BCUT2D eigenvalue weighted by atomic mass is 10.00. The predicted octanol–water partition coefficient (Wildman–Crippen LogP) is 3.78. The molecule has 0 aliphatic rings.